The van der Waals surface area contributed by atoms with Crippen LogP contribution >= 0.6 is 0 Å². The molecule has 2 heterocycles. The SMILES string of the molecule is Cc1nn2c(c1C(=O)O)NC(c1ccccc1)C2. The first-order chi connectivity index (χ1) is 8.66. The average molecular weight is 243 g/mol. The third-order valence-electron chi connectivity index (χ3n) is 3.21. The highest BCUT2D eigenvalue weighted by Gasteiger charge is 2.29. The van der Waals surface area contributed by atoms with Crippen molar-refractivity contribution in [3.05, 3.63) is 47.2 Å². The quantitative estimate of drug-likeness (QED) is 0.847. The normalized spacial score (nSPS) is 17.3. The fourth-order valence-corrected chi connectivity index (χ4v) is 2.37. The van der Waals surface area contributed by atoms with Crippen LogP contribution in [0, 0.1) is 6.92 Å². The molecule has 5 heteroatoms. The highest BCUT2D eigenvalue weighted by Crippen LogP contribution is 2.32. The molecule has 5 nitrogen and oxygen atoms in total. The molecule has 1 aliphatic rings. The first kappa shape index (κ1) is 10.8. The first-order valence-electron chi connectivity index (χ1n) is 5.79. The zero-order valence-electron chi connectivity index (χ0n) is 9.92. The number of anilines is 1. The lowest BCUT2D eigenvalue weighted by Crippen LogP contribution is -2.09. The third-order valence-corrected chi connectivity index (χ3v) is 3.21. The zero-order chi connectivity index (χ0) is 12.7. The van der Waals surface area contributed by atoms with Gasteiger partial charge in [-0.3, -0.25) is 0 Å². The molecule has 3 rings (SSSR count). The highest BCUT2D eigenvalue weighted by atomic mass is 16.4. The van der Waals surface area contributed by atoms with Crippen LogP contribution in [-0.2, 0) is 6.54 Å². The van der Waals surface area contributed by atoms with Crippen LogP contribution in [0.4, 0.5) is 5.82 Å². The highest BCUT2D eigenvalue weighted by molar-refractivity contribution is 5.95. The fraction of sp³-hybridized carbons (Fsp3) is 0.231. The number of benzene rings is 1. The van der Waals surface area contributed by atoms with Gasteiger partial charge in [-0.25, -0.2) is 9.48 Å². The molecule has 0 spiro atoms. The zero-order valence-corrected chi connectivity index (χ0v) is 9.92. The molecule has 0 saturated heterocycles. The topological polar surface area (TPSA) is 67.2 Å². The number of carboxylic acids is 1. The Labute approximate surface area is 104 Å². The van der Waals surface area contributed by atoms with Gasteiger partial charge in [0.1, 0.15) is 11.4 Å². The minimum absolute atomic E-state index is 0.0902. The summed E-state index contributed by atoms with van der Waals surface area (Å²) in [5.74, 6) is -0.330. The summed E-state index contributed by atoms with van der Waals surface area (Å²) >= 11 is 0. The van der Waals surface area contributed by atoms with Crippen LogP contribution in [0.3, 0.4) is 0 Å². The molecule has 0 amide bonds. The number of hydrogen-bond donors (Lipinski definition) is 2. The Balaban J connectivity index is 1.95. The molecule has 1 atom stereocenters. The van der Waals surface area contributed by atoms with Gasteiger partial charge in [0.05, 0.1) is 18.3 Å². The van der Waals surface area contributed by atoms with Crippen molar-refractivity contribution in [1.29, 1.82) is 0 Å². The van der Waals surface area contributed by atoms with Gasteiger partial charge in [0.2, 0.25) is 0 Å². The largest absolute Gasteiger partial charge is 0.477 e. The maximum atomic E-state index is 11.2. The minimum Gasteiger partial charge on any atom is -0.477 e. The van der Waals surface area contributed by atoms with E-state index in [4.69, 9.17) is 0 Å². The summed E-state index contributed by atoms with van der Waals surface area (Å²) in [5.41, 5.74) is 1.96. The second kappa shape index (κ2) is 3.87. The molecule has 0 aliphatic carbocycles. The first-order valence-corrected chi connectivity index (χ1v) is 5.79. The van der Waals surface area contributed by atoms with Gasteiger partial charge in [-0.1, -0.05) is 30.3 Å². The monoisotopic (exact) mass is 243 g/mol. The van der Waals surface area contributed by atoms with Crippen molar-refractivity contribution in [3.63, 3.8) is 0 Å². The molecule has 0 fully saturated rings. The van der Waals surface area contributed by atoms with Gasteiger partial charge < -0.3 is 10.4 Å². The molecule has 1 aliphatic heterocycles. The molecule has 0 radical (unpaired) electrons. The summed E-state index contributed by atoms with van der Waals surface area (Å²) in [6, 6.07) is 10.1. The second-order valence-corrected chi connectivity index (χ2v) is 4.40. The van der Waals surface area contributed by atoms with Gasteiger partial charge in [0.25, 0.3) is 0 Å². The number of rotatable bonds is 2. The lowest BCUT2D eigenvalue weighted by Gasteiger charge is -2.10. The van der Waals surface area contributed by atoms with E-state index in [-0.39, 0.29) is 11.6 Å². The Hall–Kier alpha value is -2.30. The Morgan fingerprint density at radius 3 is 2.83 bits per heavy atom. The predicted molar refractivity (Wildman–Crippen MR) is 66.7 cm³/mol. The van der Waals surface area contributed by atoms with Gasteiger partial charge >= 0.3 is 5.97 Å². The minimum atomic E-state index is -0.935. The predicted octanol–water partition coefficient (Wildman–Crippen LogP) is 2.06. The van der Waals surface area contributed by atoms with E-state index in [1.165, 1.54) is 0 Å². The van der Waals surface area contributed by atoms with Crippen LogP contribution in [0.1, 0.15) is 27.7 Å². The van der Waals surface area contributed by atoms with Gasteiger partial charge in [-0.05, 0) is 12.5 Å². The summed E-state index contributed by atoms with van der Waals surface area (Å²) in [4.78, 5) is 11.2. The van der Waals surface area contributed by atoms with Gasteiger partial charge in [-0.15, -0.1) is 0 Å². The summed E-state index contributed by atoms with van der Waals surface area (Å²) < 4.78 is 1.73. The van der Waals surface area contributed by atoms with Gasteiger partial charge in [0, 0.05) is 0 Å². The van der Waals surface area contributed by atoms with Gasteiger partial charge in [-0.2, -0.15) is 5.10 Å². The third kappa shape index (κ3) is 1.55. The van der Waals surface area contributed by atoms with Crippen LogP contribution in [0.25, 0.3) is 0 Å². The lowest BCUT2D eigenvalue weighted by atomic mass is 10.1. The van der Waals surface area contributed by atoms with Crippen molar-refractivity contribution in [2.24, 2.45) is 0 Å². The number of nitrogens with zero attached hydrogens (tertiary/aromatic N) is 2. The van der Waals surface area contributed by atoms with E-state index in [0.717, 1.165) is 5.56 Å². The lowest BCUT2D eigenvalue weighted by molar-refractivity contribution is 0.0697. The van der Waals surface area contributed by atoms with Crippen molar-refractivity contribution in [3.8, 4) is 0 Å². The number of hydrogen-bond acceptors (Lipinski definition) is 3. The van der Waals surface area contributed by atoms with E-state index >= 15 is 0 Å². The van der Waals surface area contributed by atoms with E-state index in [2.05, 4.69) is 10.4 Å². The molecular weight excluding hydrogens is 230 g/mol. The number of fused-ring (bicyclic) bond motifs is 1. The van der Waals surface area contributed by atoms with E-state index in [1.807, 2.05) is 30.3 Å². The maximum absolute atomic E-state index is 11.2. The standard InChI is InChI=1S/C13H13N3O2/c1-8-11(13(17)18)12-14-10(7-16(12)15-8)9-5-3-2-4-6-9/h2-6,10,14H,7H2,1H3,(H,17,18). The Morgan fingerprint density at radius 2 is 2.17 bits per heavy atom. The van der Waals surface area contributed by atoms with E-state index in [9.17, 15) is 9.90 Å². The van der Waals surface area contributed by atoms with E-state index in [0.29, 0.717) is 18.1 Å². The number of carboxylic acid groups (broad SMARTS) is 1. The summed E-state index contributed by atoms with van der Waals surface area (Å²) in [5, 5.41) is 16.7. The van der Waals surface area contributed by atoms with Crippen LogP contribution in [0.5, 0.6) is 0 Å². The van der Waals surface area contributed by atoms with Crippen molar-refractivity contribution in [1.82, 2.24) is 9.78 Å². The van der Waals surface area contributed by atoms with Crippen molar-refractivity contribution in [2.75, 3.05) is 5.32 Å². The number of carbonyl (C=O) groups is 1. The maximum Gasteiger partial charge on any atom is 0.341 e. The molecule has 1 unspecified atom stereocenters. The van der Waals surface area contributed by atoms with Crippen LogP contribution in [0.2, 0.25) is 0 Å². The number of aromatic nitrogens is 2. The average Bonchev–Trinajstić information content (AvgIpc) is 2.85. The number of nitrogens with one attached hydrogen (secondary N) is 1. The number of aromatic carboxylic acids is 1. The Kier molecular flexibility index (Phi) is 2.33. The molecule has 0 bridgehead atoms. The molecule has 2 N–H and O–H groups in total. The van der Waals surface area contributed by atoms with Crippen LogP contribution in [0.15, 0.2) is 30.3 Å². The number of aryl methyl sites for hydroxylation is 1. The molecule has 92 valence electrons. The van der Waals surface area contributed by atoms with Crippen molar-refractivity contribution < 1.29 is 9.90 Å². The molecule has 2 aromatic rings. The Morgan fingerprint density at radius 1 is 1.44 bits per heavy atom. The smallest absolute Gasteiger partial charge is 0.341 e. The molecular formula is C13H13N3O2. The van der Waals surface area contributed by atoms with E-state index < -0.39 is 5.97 Å². The Bertz CT molecular complexity index is 604. The van der Waals surface area contributed by atoms with Crippen molar-refractivity contribution >= 4 is 11.8 Å². The van der Waals surface area contributed by atoms with Crippen molar-refractivity contribution in [2.45, 2.75) is 19.5 Å². The molecule has 0 saturated carbocycles. The van der Waals surface area contributed by atoms with Gasteiger partial charge in [0.15, 0.2) is 0 Å². The molecule has 1 aromatic carbocycles. The summed E-state index contributed by atoms with van der Waals surface area (Å²) in [6.45, 7) is 2.38. The summed E-state index contributed by atoms with van der Waals surface area (Å²) in [7, 11) is 0. The van der Waals surface area contributed by atoms with E-state index in [1.54, 1.807) is 11.6 Å². The fourth-order valence-electron chi connectivity index (χ4n) is 2.37. The molecule has 1 aromatic heterocycles. The second-order valence-electron chi connectivity index (χ2n) is 4.40. The van der Waals surface area contributed by atoms with Crippen LogP contribution in [-0.4, -0.2) is 20.9 Å². The molecule has 18 heavy (non-hydrogen) atoms. The van der Waals surface area contributed by atoms with Crippen LogP contribution < -0.4 is 5.32 Å². The summed E-state index contributed by atoms with van der Waals surface area (Å²) in [6.07, 6.45) is 0.